The molecule has 2 N–H and O–H groups in total. The minimum absolute atomic E-state index is 0.0199. The maximum absolute atomic E-state index is 12.8. The first-order valence-electron chi connectivity index (χ1n) is 15.2. The molecule has 0 aliphatic carbocycles. The van der Waals surface area contributed by atoms with E-state index in [9.17, 15) is 24.0 Å². The molecule has 0 aliphatic heterocycles. The molecule has 13 heteroatoms. The van der Waals surface area contributed by atoms with E-state index < -0.39 is 47.6 Å². The van der Waals surface area contributed by atoms with Gasteiger partial charge in [0.2, 0.25) is 0 Å². The van der Waals surface area contributed by atoms with Crippen LogP contribution in [0.4, 0.5) is 5.69 Å². The summed E-state index contributed by atoms with van der Waals surface area (Å²) in [6, 6.07) is 20.6. The van der Waals surface area contributed by atoms with Crippen molar-refractivity contribution in [2.24, 2.45) is 5.41 Å². The zero-order chi connectivity index (χ0) is 35.0. The Morgan fingerprint density at radius 2 is 1.27 bits per heavy atom. The van der Waals surface area contributed by atoms with Gasteiger partial charge in [-0.1, -0.05) is 37.3 Å². The summed E-state index contributed by atoms with van der Waals surface area (Å²) < 4.78 is 37.8. The lowest BCUT2D eigenvalue weighted by Crippen LogP contribution is -2.39. The van der Waals surface area contributed by atoms with Gasteiger partial charge in [0, 0.05) is 35.6 Å². The first-order valence-corrected chi connectivity index (χ1v) is 15.2. The molecule has 0 saturated heterocycles. The van der Waals surface area contributed by atoms with E-state index in [-0.39, 0.29) is 53.7 Å². The fourth-order valence-electron chi connectivity index (χ4n) is 4.85. The van der Waals surface area contributed by atoms with Gasteiger partial charge in [-0.15, -0.1) is 0 Å². The van der Waals surface area contributed by atoms with Crippen molar-refractivity contribution >= 4 is 45.3 Å². The average Bonchev–Trinajstić information content (AvgIpc) is 3.11. The van der Waals surface area contributed by atoms with Crippen LogP contribution in [0.2, 0.25) is 0 Å². The van der Waals surface area contributed by atoms with Gasteiger partial charge in [-0.3, -0.25) is 4.79 Å². The van der Waals surface area contributed by atoms with Gasteiger partial charge in [0.25, 0.3) is 0 Å². The summed E-state index contributed by atoms with van der Waals surface area (Å²) >= 11 is 0. The van der Waals surface area contributed by atoms with Crippen LogP contribution in [-0.4, -0.2) is 57.9 Å². The third-order valence-corrected chi connectivity index (χ3v) is 7.72. The van der Waals surface area contributed by atoms with Crippen LogP contribution in [0, 0.1) is 5.41 Å². The van der Waals surface area contributed by atoms with E-state index in [1.165, 1.54) is 31.4 Å². The van der Waals surface area contributed by atoms with Gasteiger partial charge in [-0.05, 0) is 42.8 Å². The van der Waals surface area contributed by atoms with Crippen LogP contribution >= 0.6 is 0 Å². The van der Waals surface area contributed by atoms with Gasteiger partial charge in [0.15, 0.2) is 19.0 Å². The van der Waals surface area contributed by atoms with E-state index in [0.717, 1.165) is 0 Å². The van der Waals surface area contributed by atoms with Gasteiger partial charge in [0.1, 0.15) is 47.1 Å². The van der Waals surface area contributed by atoms with Gasteiger partial charge >= 0.3 is 23.2 Å². The molecule has 49 heavy (non-hydrogen) atoms. The number of hydrogen-bond donors (Lipinski definition) is 1. The largest absolute Gasteiger partial charge is 0.482 e. The number of anilines is 1. The number of carbonyl (C=O) groups excluding carboxylic acids is 3. The van der Waals surface area contributed by atoms with E-state index in [4.69, 9.17) is 38.3 Å². The number of hydrogen-bond acceptors (Lipinski definition) is 13. The van der Waals surface area contributed by atoms with Crippen LogP contribution in [0.1, 0.15) is 29.3 Å². The van der Waals surface area contributed by atoms with Crippen LogP contribution < -0.4 is 26.5 Å². The highest BCUT2D eigenvalue weighted by molar-refractivity contribution is 6.09. The summed E-state index contributed by atoms with van der Waals surface area (Å²) in [5.41, 5.74) is 3.92. The quantitative estimate of drug-likeness (QED) is 0.0945. The molecule has 1 unspecified atom stereocenters. The monoisotopic (exact) mass is 671 g/mol. The van der Waals surface area contributed by atoms with E-state index in [1.54, 1.807) is 54.6 Å². The standard InChI is InChI=1S/C36H33NO12/c1-3-36(19-43-2,21-47-32(39)18-45-26-12-10-24-14-28(37)35(42)49-30(24)16-26)20-46-31(38)17-44-25-11-9-23-13-27(34(41)48-29(23)15-25)33(40)22-7-5-4-6-8-22/h4-16H,3,17-21,37H2,1-2H3. The molecule has 2 aromatic heterocycles. The lowest BCUT2D eigenvalue weighted by Gasteiger charge is -2.30. The van der Waals surface area contributed by atoms with Crippen LogP contribution in [-0.2, 0) is 23.8 Å². The van der Waals surface area contributed by atoms with Gasteiger partial charge in [-0.25, -0.2) is 19.2 Å². The highest BCUT2D eigenvalue weighted by Gasteiger charge is 2.32. The summed E-state index contributed by atoms with van der Waals surface area (Å²) in [6.45, 7) is 0.812. The molecule has 0 spiro atoms. The number of nitrogen functional groups attached to an aromatic ring is 1. The van der Waals surface area contributed by atoms with E-state index in [0.29, 0.717) is 22.8 Å². The van der Waals surface area contributed by atoms with Crippen molar-refractivity contribution in [1.29, 1.82) is 0 Å². The summed E-state index contributed by atoms with van der Waals surface area (Å²) in [5.74, 6) is -1.31. The molecule has 13 nitrogen and oxygen atoms in total. The summed E-state index contributed by atoms with van der Waals surface area (Å²) in [7, 11) is 1.48. The predicted octanol–water partition coefficient (Wildman–Crippen LogP) is 4.30. The Morgan fingerprint density at radius 3 is 1.82 bits per heavy atom. The zero-order valence-electron chi connectivity index (χ0n) is 26.7. The van der Waals surface area contributed by atoms with Crippen molar-refractivity contribution in [1.82, 2.24) is 0 Å². The fourth-order valence-corrected chi connectivity index (χ4v) is 4.85. The Morgan fingerprint density at radius 1 is 0.714 bits per heavy atom. The van der Waals surface area contributed by atoms with Crippen molar-refractivity contribution in [2.75, 3.05) is 45.9 Å². The molecule has 3 aromatic carbocycles. The smallest absolute Gasteiger partial charge is 0.359 e. The Kier molecular flexibility index (Phi) is 10.7. The molecule has 0 radical (unpaired) electrons. The number of nitrogens with two attached hydrogens (primary N) is 1. The van der Waals surface area contributed by atoms with E-state index >= 15 is 0 Å². The Labute approximate surface area is 279 Å². The highest BCUT2D eigenvalue weighted by atomic mass is 16.6. The van der Waals surface area contributed by atoms with Crippen molar-refractivity contribution < 1.29 is 46.9 Å². The summed E-state index contributed by atoms with van der Waals surface area (Å²) in [4.78, 5) is 62.2. The highest BCUT2D eigenvalue weighted by Crippen LogP contribution is 2.26. The number of ketones is 1. The third kappa shape index (κ3) is 8.51. The molecule has 5 aromatic rings. The number of esters is 2. The zero-order valence-corrected chi connectivity index (χ0v) is 26.7. The molecule has 0 bridgehead atoms. The molecule has 0 fully saturated rings. The van der Waals surface area contributed by atoms with Crippen LogP contribution in [0.5, 0.6) is 11.5 Å². The van der Waals surface area contributed by atoms with Gasteiger partial charge in [0.05, 0.1) is 12.0 Å². The van der Waals surface area contributed by atoms with Crippen molar-refractivity contribution in [2.45, 2.75) is 13.3 Å². The fraction of sp³-hybridized carbons (Fsp3) is 0.250. The molecule has 1 atom stereocenters. The second-order valence-electron chi connectivity index (χ2n) is 11.2. The first kappa shape index (κ1) is 34.4. The second kappa shape index (κ2) is 15.3. The van der Waals surface area contributed by atoms with Crippen LogP contribution in [0.25, 0.3) is 21.9 Å². The molecule has 2 heterocycles. The van der Waals surface area contributed by atoms with Gasteiger partial charge < -0.3 is 38.3 Å². The minimum atomic E-state index is -0.854. The van der Waals surface area contributed by atoms with Gasteiger partial charge in [-0.2, -0.15) is 0 Å². The number of benzene rings is 3. The minimum Gasteiger partial charge on any atom is -0.482 e. The topological polar surface area (TPSA) is 184 Å². The first-order chi connectivity index (χ1) is 23.6. The van der Waals surface area contributed by atoms with Crippen LogP contribution in [0.15, 0.2) is 97.3 Å². The molecule has 0 aliphatic rings. The molecule has 254 valence electrons. The molecular formula is C36H33NO12. The van der Waals surface area contributed by atoms with Crippen molar-refractivity contribution in [3.63, 3.8) is 0 Å². The van der Waals surface area contributed by atoms with Crippen molar-refractivity contribution in [3.8, 4) is 11.5 Å². The number of rotatable bonds is 15. The lowest BCUT2D eigenvalue weighted by atomic mass is 9.88. The van der Waals surface area contributed by atoms with Crippen molar-refractivity contribution in [3.05, 3.63) is 111 Å². The number of methoxy groups -OCH3 is 1. The molecule has 0 amide bonds. The predicted molar refractivity (Wildman–Crippen MR) is 177 cm³/mol. The number of ether oxygens (including phenoxy) is 5. The molecule has 5 rings (SSSR count). The average molecular weight is 672 g/mol. The number of carbonyl (C=O) groups is 3. The summed E-state index contributed by atoms with van der Waals surface area (Å²) in [6.07, 6.45) is 0.439. The molecular weight excluding hydrogens is 638 g/mol. The third-order valence-electron chi connectivity index (χ3n) is 7.72. The summed E-state index contributed by atoms with van der Waals surface area (Å²) in [5, 5.41) is 1.09. The maximum atomic E-state index is 12.8. The maximum Gasteiger partial charge on any atom is 0.359 e. The van der Waals surface area contributed by atoms with E-state index in [1.807, 2.05) is 6.92 Å². The normalized spacial score (nSPS) is 12.3. The number of fused-ring (bicyclic) bond motifs is 2. The lowest BCUT2D eigenvalue weighted by molar-refractivity contribution is -0.159. The van der Waals surface area contributed by atoms with Crippen LogP contribution in [0.3, 0.4) is 0 Å². The second-order valence-corrected chi connectivity index (χ2v) is 11.2. The van der Waals surface area contributed by atoms with E-state index in [2.05, 4.69) is 0 Å². The SMILES string of the molecule is CCC(COC)(COC(=O)COc1ccc2cc(N)c(=O)oc2c1)COC(=O)COc1ccc2cc(C(=O)c3ccccc3)c(=O)oc2c1. The Hall–Kier alpha value is -5.95. The Balaban J connectivity index is 1.13. The Bertz CT molecular complexity index is 2100. The molecule has 0 saturated carbocycles.